The SMILES string of the molecule is CCC1CCC(CNc2cc(C)c(N)c(C(=O)O)c2)CC1. The van der Waals surface area contributed by atoms with E-state index >= 15 is 0 Å². The molecule has 0 amide bonds. The number of carbonyl (C=O) groups is 1. The number of aryl methyl sites for hydroxylation is 1. The smallest absolute Gasteiger partial charge is 0.337 e. The average molecular weight is 290 g/mol. The predicted octanol–water partition coefficient (Wildman–Crippen LogP) is 3.90. The molecule has 4 N–H and O–H groups in total. The van der Waals surface area contributed by atoms with Gasteiger partial charge in [-0.15, -0.1) is 0 Å². The number of carboxylic acids is 1. The lowest BCUT2D eigenvalue weighted by Gasteiger charge is -2.28. The first-order valence-corrected chi connectivity index (χ1v) is 7.88. The van der Waals surface area contributed by atoms with Gasteiger partial charge in [-0.3, -0.25) is 0 Å². The zero-order chi connectivity index (χ0) is 15.4. The van der Waals surface area contributed by atoms with Crippen LogP contribution in [0.5, 0.6) is 0 Å². The van der Waals surface area contributed by atoms with Crippen LogP contribution in [0.15, 0.2) is 12.1 Å². The van der Waals surface area contributed by atoms with E-state index in [1.165, 1.54) is 32.1 Å². The number of benzene rings is 1. The number of hydrogen-bond donors (Lipinski definition) is 3. The quantitative estimate of drug-likeness (QED) is 0.719. The summed E-state index contributed by atoms with van der Waals surface area (Å²) in [7, 11) is 0. The Hall–Kier alpha value is -1.71. The molecule has 1 aromatic rings. The van der Waals surface area contributed by atoms with Crippen molar-refractivity contribution >= 4 is 17.3 Å². The maximum absolute atomic E-state index is 11.2. The lowest BCUT2D eigenvalue weighted by atomic mass is 9.81. The lowest BCUT2D eigenvalue weighted by Crippen LogP contribution is -2.21. The number of nitrogen functional groups attached to an aromatic ring is 1. The second-order valence-electron chi connectivity index (χ2n) is 6.24. The van der Waals surface area contributed by atoms with Crippen LogP contribution in [0.1, 0.15) is 54.9 Å². The molecule has 1 aromatic carbocycles. The fourth-order valence-corrected chi connectivity index (χ4v) is 3.18. The summed E-state index contributed by atoms with van der Waals surface area (Å²) in [6, 6.07) is 3.57. The zero-order valence-corrected chi connectivity index (χ0v) is 13.0. The van der Waals surface area contributed by atoms with Gasteiger partial charge in [-0.25, -0.2) is 4.79 Å². The van der Waals surface area contributed by atoms with Crippen LogP contribution in [0.25, 0.3) is 0 Å². The van der Waals surface area contributed by atoms with E-state index in [9.17, 15) is 9.90 Å². The molecule has 1 saturated carbocycles. The van der Waals surface area contributed by atoms with Crippen LogP contribution >= 0.6 is 0 Å². The Morgan fingerprint density at radius 1 is 1.29 bits per heavy atom. The summed E-state index contributed by atoms with van der Waals surface area (Å²) in [5.74, 6) is 0.625. The highest BCUT2D eigenvalue weighted by Gasteiger charge is 2.20. The number of hydrogen-bond acceptors (Lipinski definition) is 3. The van der Waals surface area contributed by atoms with Gasteiger partial charge in [0.15, 0.2) is 0 Å². The highest BCUT2D eigenvalue weighted by atomic mass is 16.4. The number of carboxylic acid groups (broad SMARTS) is 1. The Kier molecular flexibility index (Phi) is 5.10. The summed E-state index contributed by atoms with van der Waals surface area (Å²) >= 11 is 0. The number of aromatic carboxylic acids is 1. The van der Waals surface area contributed by atoms with Crippen LogP contribution < -0.4 is 11.1 Å². The minimum Gasteiger partial charge on any atom is -0.478 e. The molecule has 2 rings (SSSR count). The van der Waals surface area contributed by atoms with E-state index in [0.717, 1.165) is 23.7 Å². The third-order valence-corrected chi connectivity index (χ3v) is 4.76. The van der Waals surface area contributed by atoms with Crippen molar-refractivity contribution in [1.29, 1.82) is 0 Å². The van der Waals surface area contributed by atoms with Gasteiger partial charge < -0.3 is 16.2 Å². The van der Waals surface area contributed by atoms with Gasteiger partial charge in [0.1, 0.15) is 0 Å². The Bertz CT molecular complexity index is 506. The molecule has 1 aliphatic carbocycles. The fraction of sp³-hybridized carbons (Fsp3) is 0.588. The minimum absolute atomic E-state index is 0.187. The molecule has 0 spiro atoms. The van der Waals surface area contributed by atoms with Gasteiger partial charge in [0, 0.05) is 17.9 Å². The van der Waals surface area contributed by atoms with Crippen molar-refractivity contribution in [2.45, 2.75) is 46.0 Å². The van der Waals surface area contributed by atoms with E-state index < -0.39 is 5.97 Å². The predicted molar refractivity (Wildman–Crippen MR) is 86.8 cm³/mol. The summed E-state index contributed by atoms with van der Waals surface area (Å²) in [6.07, 6.45) is 6.48. The summed E-state index contributed by atoms with van der Waals surface area (Å²) < 4.78 is 0. The number of nitrogens with one attached hydrogen (secondary N) is 1. The van der Waals surface area contributed by atoms with E-state index in [4.69, 9.17) is 5.73 Å². The van der Waals surface area contributed by atoms with Crippen LogP contribution in [-0.2, 0) is 0 Å². The van der Waals surface area contributed by atoms with Gasteiger partial charge in [-0.1, -0.05) is 26.2 Å². The van der Waals surface area contributed by atoms with Gasteiger partial charge in [0.05, 0.1) is 5.56 Å². The Balaban J connectivity index is 1.96. The number of nitrogens with two attached hydrogens (primary N) is 1. The molecular weight excluding hydrogens is 264 g/mol. The van der Waals surface area contributed by atoms with E-state index in [1.54, 1.807) is 6.07 Å². The van der Waals surface area contributed by atoms with Crippen LogP contribution in [0.4, 0.5) is 11.4 Å². The largest absolute Gasteiger partial charge is 0.478 e. The Morgan fingerprint density at radius 2 is 1.90 bits per heavy atom. The van der Waals surface area contributed by atoms with Crippen LogP contribution in [0.3, 0.4) is 0 Å². The monoisotopic (exact) mass is 290 g/mol. The standard InChI is InChI=1S/C17H26N2O2/c1-3-12-4-6-13(7-5-12)10-19-14-8-11(2)16(18)15(9-14)17(20)21/h8-9,12-13,19H,3-7,10,18H2,1-2H3,(H,20,21). The highest BCUT2D eigenvalue weighted by Crippen LogP contribution is 2.31. The zero-order valence-electron chi connectivity index (χ0n) is 13.0. The van der Waals surface area contributed by atoms with Crippen molar-refractivity contribution in [2.24, 2.45) is 11.8 Å². The van der Waals surface area contributed by atoms with E-state index in [-0.39, 0.29) is 5.56 Å². The van der Waals surface area contributed by atoms with Crippen LogP contribution in [0, 0.1) is 18.8 Å². The second-order valence-corrected chi connectivity index (χ2v) is 6.24. The molecule has 0 saturated heterocycles. The van der Waals surface area contributed by atoms with Gasteiger partial charge >= 0.3 is 5.97 Å². The van der Waals surface area contributed by atoms with E-state index in [0.29, 0.717) is 11.6 Å². The molecule has 0 radical (unpaired) electrons. The fourth-order valence-electron chi connectivity index (χ4n) is 3.18. The molecule has 0 heterocycles. The van der Waals surface area contributed by atoms with Crippen molar-refractivity contribution in [2.75, 3.05) is 17.6 Å². The molecule has 1 fully saturated rings. The molecule has 0 aromatic heterocycles. The van der Waals surface area contributed by atoms with Gasteiger partial charge in [-0.2, -0.15) is 0 Å². The molecule has 0 unspecified atom stereocenters. The summed E-state index contributed by atoms with van der Waals surface area (Å²) in [6.45, 7) is 5.03. The maximum atomic E-state index is 11.2. The first kappa shape index (κ1) is 15.7. The summed E-state index contributed by atoms with van der Waals surface area (Å²) in [5, 5.41) is 12.6. The van der Waals surface area contributed by atoms with Crippen molar-refractivity contribution in [3.8, 4) is 0 Å². The van der Waals surface area contributed by atoms with Gasteiger partial charge in [-0.05, 0) is 49.3 Å². The molecule has 0 bridgehead atoms. The molecule has 4 heteroatoms. The normalized spacial score (nSPS) is 22.0. The van der Waals surface area contributed by atoms with Gasteiger partial charge in [0.2, 0.25) is 0 Å². The number of rotatable bonds is 5. The molecule has 116 valence electrons. The third-order valence-electron chi connectivity index (χ3n) is 4.76. The summed E-state index contributed by atoms with van der Waals surface area (Å²) in [4.78, 5) is 11.2. The number of anilines is 2. The minimum atomic E-state index is -0.970. The van der Waals surface area contributed by atoms with Crippen molar-refractivity contribution < 1.29 is 9.90 Å². The highest BCUT2D eigenvalue weighted by molar-refractivity contribution is 5.95. The third kappa shape index (κ3) is 3.90. The molecule has 21 heavy (non-hydrogen) atoms. The summed E-state index contributed by atoms with van der Waals surface area (Å²) in [5.41, 5.74) is 8.03. The maximum Gasteiger partial charge on any atom is 0.337 e. The molecular formula is C17H26N2O2. The first-order chi connectivity index (χ1) is 10.0. The molecule has 0 atom stereocenters. The molecule has 0 aliphatic heterocycles. The van der Waals surface area contributed by atoms with Crippen molar-refractivity contribution in [1.82, 2.24) is 0 Å². The van der Waals surface area contributed by atoms with Crippen molar-refractivity contribution in [3.63, 3.8) is 0 Å². The lowest BCUT2D eigenvalue weighted by molar-refractivity contribution is 0.0698. The molecule has 1 aliphatic rings. The second kappa shape index (κ2) is 6.83. The molecule has 4 nitrogen and oxygen atoms in total. The van der Waals surface area contributed by atoms with Gasteiger partial charge in [0.25, 0.3) is 0 Å². The van der Waals surface area contributed by atoms with Crippen LogP contribution in [-0.4, -0.2) is 17.6 Å². The van der Waals surface area contributed by atoms with E-state index in [1.807, 2.05) is 13.0 Å². The Morgan fingerprint density at radius 3 is 2.48 bits per heavy atom. The van der Waals surface area contributed by atoms with Crippen LogP contribution in [0.2, 0.25) is 0 Å². The average Bonchev–Trinajstić information content (AvgIpc) is 2.48. The van der Waals surface area contributed by atoms with Crippen molar-refractivity contribution in [3.05, 3.63) is 23.3 Å². The Labute approximate surface area is 126 Å². The van der Waals surface area contributed by atoms with E-state index in [2.05, 4.69) is 12.2 Å². The first-order valence-electron chi connectivity index (χ1n) is 7.88. The topological polar surface area (TPSA) is 75.3 Å².